The number of aliphatic hydroxyl groups excluding tert-OH is 1. The molecule has 0 rings (SSSR count). The summed E-state index contributed by atoms with van der Waals surface area (Å²) in [4.78, 5) is 0. The van der Waals surface area contributed by atoms with Gasteiger partial charge in [-0.3, -0.25) is 0 Å². The summed E-state index contributed by atoms with van der Waals surface area (Å²) in [7, 11) is 0.263. The molecule has 0 saturated heterocycles. The van der Waals surface area contributed by atoms with Crippen molar-refractivity contribution in [3.05, 3.63) is 0 Å². The predicted octanol–water partition coefficient (Wildman–Crippen LogP) is 0.871. The van der Waals surface area contributed by atoms with Gasteiger partial charge in [0.05, 0.1) is 20.4 Å². The van der Waals surface area contributed by atoms with Crippen LogP contribution >= 0.6 is 0 Å². The molecule has 0 amide bonds. The number of ether oxygens (including phenoxy) is 1. The molecule has 1 unspecified atom stereocenters. The van der Waals surface area contributed by atoms with Gasteiger partial charge in [-0.2, -0.15) is 0 Å². The van der Waals surface area contributed by atoms with E-state index in [1.165, 1.54) is 0 Å². The second-order valence-electron chi connectivity index (χ2n) is 3.34. The normalized spacial score (nSPS) is 15.7. The Hall–Kier alpha value is 0.137. The highest BCUT2D eigenvalue weighted by molar-refractivity contribution is 6.77. The third kappa shape index (κ3) is 3.67. The summed E-state index contributed by atoms with van der Waals surface area (Å²) in [6.07, 6.45) is 0. The average Bonchev–Trinajstić information content (AvgIpc) is 1.64. The van der Waals surface area contributed by atoms with Gasteiger partial charge in [0, 0.05) is 7.11 Å². The summed E-state index contributed by atoms with van der Waals surface area (Å²) in [6, 6.07) is 0. The van der Waals surface area contributed by atoms with Crippen molar-refractivity contribution in [2.24, 2.45) is 0 Å². The predicted molar refractivity (Wildman–Crippen MR) is 41.2 cm³/mol. The highest BCUT2D eigenvalue weighted by Gasteiger charge is 2.23. The Labute approximate surface area is 57.9 Å². The van der Waals surface area contributed by atoms with Crippen molar-refractivity contribution in [2.45, 2.75) is 25.4 Å². The van der Waals surface area contributed by atoms with E-state index in [4.69, 9.17) is 4.74 Å². The summed E-state index contributed by atoms with van der Waals surface area (Å²) < 4.78 is 4.81. The van der Waals surface area contributed by atoms with Crippen molar-refractivity contribution in [3.8, 4) is 0 Å². The van der Waals surface area contributed by atoms with Gasteiger partial charge in [0.15, 0.2) is 0 Å². The molecule has 0 aromatic carbocycles. The lowest BCUT2D eigenvalue weighted by Crippen LogP contribution is -2.41. The average molecular weight is 148 g/mol. The molecule has 0 aliphatic heterocycles. The first-order chi connectivity index (χ1) is 3.98. The second kappa shape index (κ2) is 3.34. The first-order valence-electron chi connectivity index (χ1n) is 3.15. The molecule has 2 nitrogen and oxygen atoms in total. The zero-order valence-electron chi connectivity index (χ0n) is 6.64. The minimum atomic E-state index is -1.35. The van der Waals surface area contributed by atoms with E-state index in [-0.39, 0.29) is 5.73 Å². The Morgan fingerprint density at radius 1 is 1.44 bits per heavy atom. The molecule has 0 saturated carbocycles. The molecule has 0 aromatic heterocycles. The SMILES string of the molecule is COCC(O)[Si](C)(C)C. The van der Waals surface area contributed by atoms with Crippen molar-refractivity contribution in [2.75, 3.05) is 13.7 Å². The maximum absolute atomic E-state index is 9.32. The number of methoxy groups -OCH3 is 1. The van der Waals surface area contributed by atoms with E-state index in [9.17, 15) is 5.11 Å². The van der Waals surface area contributed by atoms with Gasteiger partial charge in [0.1, 0.15) is 0 Å². The fraction of sp³-hybridized carbons (Fsp3) is 1.00. The van der Waals surface area contributed by atoms with Crippen LogP contribution in [-0.4, -0.2) is 32.6 Å². The maximum Gasteiger partial charge on any atom is 0.0811 e. The lowest BCUT2D eigenvalue weighted by atomic mass is 10.8. The number of rotatable bonds is 3. The van der Waals surface area contributed by atoms with E-state index in [1.54, 1.807) is 7.11 Å². The van der Waals surface area contributed by atoms with E-state index in [2.05, 4.69) is 19.6 Å². The zero-order chi connectivity index (χ0) is 7.49. The molecule has 0 bridgehead atoms. The summed E-state index contributed by atoms with van der Waals surface area (Å²) in [5, 5.41) is 9.32. The Balaban J connectivity index is 3.59. The van der Waals surface area contributed by atoms with E-state index in [0.29, 0.717) is 6.61 Å². The smallest absolute Gasteiger partial charge is 0.0811 e. The van der Waals surface area contributed by atoms with Gasteiger partial charge in [0.25, 0.3) is 0 Å². The molecule has 1 atom stereocenters. The molecule has 0 spiro atoms. The molecule has 3 heteroatoms. The van der Waals surface area contributed by atoms with Gasteiger partial charge >= 0.3 is 0 Å². The molecular formula is C6H16O2Si. The molecule has 0 aromatic rings. The van der Waals surface area contributed by atoms with Crippen molar-refractivity contribution in [1.82, 2.24) is 0 Å². The standard InChI is InChI=1S/C6H16O2Si/c1-8-5-6(7)9(2,3)4/h6-7H,5H2,1-4H3. The van der Waals surface area contributed by atoms with Gasteiger partial charge in [-0.15, -0.1) is 0 Å². The quantitative estimate of drug-likeness (QED) is 0.602. The molecule has 0 fully saturated rings. The van der Waals surface area contributed by atoms with Crippen LogP contribution in [0, 0.1) is 0 Å². The molecule has 0 heterocycles. The topological polar surface area (TPSA) is 29.5 Å². The summed E-state index contributed by atoms with van der Waals surface area (Å²) in [5.74, 6) is 0. The van der Waals surface area contributed by atoms with Crippen molar-refractivity contribution in [3.63, 3.8) is 0 Å². The highest BCUT2D eigenvalue weighted by Crippen LogP contribution is 2.06. The highest BCUT2D eigenvalue weighted by atomic mass is 28.3. The molecule has 0 aliphatic rings. The van der Waals surface area contributed by atoms with E-state index >= 15 is 0 Å². The van der Waals surface area contributed by atoms with Crippen LogP contribution in [0.25, 0.3) is 0 Å². The second-order valence-corrected chi connectivity index (χ2v) is 8.74. The van der Waals surface area contributed by atoms with Crippen LogP contribution in [0.2, 0.25) is 19.6 Å². The first-order valence-corrected chi connectivity index (χ1v) is 6.73. The minimum absolute atomic E-state index is 0.220. The van der Waals surface area contributed by atoms with Crippen molar-refractivity contribution >= 4 is 8.07 Å². The third-order valence-corrected chi connectivity index (χ3v) is 3.49. The fourth-order valence-corrected chi connectivity index (χ4v) is 1.07. The fourth-order valence-electron chi connectivity index (χ4n) is 0.408. The number of hydrogen-bond donors (Lipinski definition) is 1. The van der Waals surface area contributed by atoms with Crippen molar-refractivity contribution in [1.29, 1.82) is 0 Å². The molecule has 1 N–H and O–H groups in total. The van der Waals surface area contributed by atoms with Gasteiger partial charge in [-0.1, -0.05) is 19.6 Å². The molecule has 56 valence electrons. The van der Waals surface area contributed by atoms with Crippen LogP contribution in [0.3, 0.4) is 0 Å². The lowest BCUT2D eigenvalue weighted by Gasteiger charge is -2.22. The maximum atomic E-state index is 9.32. The number of aliphatic hydroxyl groups is 1. The van der Waals surface area contributed by atoms with Crippen LogP contribution < -0.4 is 0 Å². The largest absolute Gasteiger partial charge is 0.394 e. The Morgan fingerprint density at radius 3 is 2.00 bits per heavy atom. The summed E-state index contributed by atoms with van der Waals surface area (Å²) in [6.45, 7) is 6.85. The van der Waals surface area contributed by atoms with Gasteiger partial charge in [-0.25, -0.2) is 0 Å². The third-order valence-electron chi connectivity index (χ3n) is 1.32. The molecule has 0 aliphatic carbocycles. The summed E-state index contributed by atoms with van der Waals surface area (Å²) in [5.41, 5.74) is -0.220. The Morgan fingerprint density at radius 2 is 1.89 bits per heavy atom. The monoisotopic (exact) mass is 148 g/mol. The first kappa shape index (κ1) is 9.14. The summed E-state index contributed by atoms with van der Waals surface area (Å²) >= 11 is 0. The molecule has 9 heavy (non-hydrogen) atoms. The van der Waals surface area contributed by atoms with E-state index < -0.39 is 8.07 Å². The molecular weight excluding hydrogens is 132 g/mol. The minimum Gasteiger partial charge on any atom is -0.394 e. The van der Waals surface area contributed by atoms with Gasteiger partial charge in [-0.05, 0) is 0 Å². The van der Waals surface area contributed by atoms with E-state index in [0.717, 1.165) is 0 Å². The Kier molecular flexibility index (Phi) is 3.39. The van der Waals surface area contributed by atoms with Crippen LogP contribution in [0.1, 0.15) is 0 Å². The van der Waals surface area contributed by atoms with E-state index in [1.807, 2.05) is 0 Å². The van der Waals surface area contributed by atoms with Gasteiger partial charge < -0.3 is 9.84 Å². The number of hydrogen-bond acceptors (Lipinski definition) is 2. The Bertz CT molecular complexity index is 77.6. The van der Waals surface area contributed by atoms with Gasteiger partial charge in [0.2, 0.25) is 0 Å². The lowest BCUT2D eigenvalue weighted by molar-refractivity contribution is 0.105. The van der Waals surface area contributed by atoms with Crippen LogP contribution in [-0.2, 0) is 4.74 Å². The van der Waals surface area contributed by atoms with Crippen molar-refractivity contribution < 1.29 is 9.84 Å². The van der Waals surface area contributed by atoms with Crippen LogP contribution in [0.15, 0.2) is 0 Å². The zero-order valence-corrected chi connectivity index (χ0v) is 7.64. The van der Waals surface area contributed by atoms with Crippen LogP contribution in [0.4, 0.5) is 0 Å². The van der Waals surface area contributed by atoms with Crippen LogP contribution in [0.5, 0.6) is 0 Å². The molecule has 0 radical (unpaired) electrons.